The molecule has 1 fully saturated rings. The fourth-order valence-electron chi connectivity index (χ4n) is 2.71. The SMILES string of the molecule is N[C@H](Cc1ccc(O)cc1)C(=O)NC1CCCC1CO. The number of aromatic hydroxyl groups is 1. The highest BCUT2D eigenvalue weighted by molar-refractivity contribution is 5.82. The van der Waals surface area contributed by atoms with Gasteiger partial charge in [0.1, 0.15) is 5.75 Å². The molecule has 1 aliphatic carbocycles. The molecule has 2 unspecified atom stereocenters. The maximum Gasteiger partial charge on any atom is 0.237 e. The first-order valence-electron chi connectivity index (χ1n) is 7.05. The van der Waals surface area contributed by atoms with E-state index >= 15 is 0 Å². The van der Waals surface area contributed by atoms with Gasteiger partial charge < -0.3 is 21.3 Å². The van der Waals surface area contributed by atoms with Gasteiger partial charge in [-0.3, -0.25) is 4.79 Å². The van der Waals surface area contributed by atoms with Crippen molar-refractivity contribution < 1.29 is 15.0 Å². The highest BCUT2D eigenvalue weighted by atomic mass is 16.3. The number of aliphatic hydroxyl groups excluding tert-OH is 1. The summed E-state index contributed by atoms with van der Waals surface area (Å²) in [6.07, 6.45) is 3.32. The summed E-state index contributed by atoms with van der Waals surface area (Å²) in [5.74, 6) is 0.173. The molecule has 1 saturated carbocycles. The molecule has 5 N–H and O–H groups in total. The van der Waals surface area contributed by atoms with E-state index in [9.17, 15) is 15.0 Å². The second kappa shape index (κ2) is 6.72. The lowest BCUT2D eigenvalue weighted by Gasteiger charge is -2.21. The third-order valence-electron chi connectivity index (χ3n) is 3.95. The molecule has 0 saturated heterocycles. The largest absolute Gasteiger partial charge is 0.508 e. The van der Waals surface area contributed by atoms with Crippen molar-refractivity contribution in [3.8, 4) is 5.75 Å². The van der Waals surface area contributed by atoms with Crippen LogP contribution in [0.3, 0.4) is 0 Å². The summed E-state index contributed by atoms with van der Waals surface area (Å²) in [6.45, 7) is 0.109. The van der Waals surface area contributed by atoms with Crippen molar-refractivity contribution in [1.29, 1.82) is 0 Å². The first kappa shape index (κ1) is 14.8. The van der Waals surface area contributed by atoms with Gasteiger partial charge in [0.05, 0.1) is 6.04 Å². The van der Waals surface area contributed by atoms with Crippen LogP contribution in [0.2, 0.25) is 0 Å². The molecule has 0 heterocycles. The minimum atomic E-state index is -0.612. The first-order valence-corrected chi connectivity index (χ1v) is 7.05. The number of hydrogen-bond acceptors (Lipinski definition) is 4. The number of amides is 1. The molecule has 1 aromatic carbocycles. The van der Waals surface area contributed by atoms with Gasteiger partial charge in [-0.05, 0) is 37.0 Å². The molecule has 0 radical (unpaired) electrons. The van der Waals surface area contributed by atoms with Gasteiger partial charge in [-0.15, -0.1) is 0 Å². The van der Waals surface area contributed by atoms with E-state index in [1.54, 1.807) is 24.3 Å². The Bertz CT molecular complexity index is 447. The Labute approximate surface area is 118 Å². The molecule has 1 aromatic rings. The van der Waals surface area contributed by atoms with E-state index in [1.165, 1.54) is 0 Å². The number of benzene rings is 1. The van der Waals surface area contributed by atoms with E-state index in [2.05, 4.69) is 5.32 Å². The monoisotopic (exact) mass is 278 g/mol. The summed E-state index contributed by atoms with van der Waals surface area (Å²) < 4.78 is 0. The average molecular weight is 278 g/mol. The van der Waals surface area contributed by atoms with Crippen molar-refractivity contribution in [2.75, 3.05) is 6.61 Å². The minimum absolute atomic E-state index is 0.0402. The summed E-state index contributed by atoms with van der Waals surface area (Å²) >= 11 is 0. The molecule has 0 bridgehead atoms. The molecule has 0 aromatic heterocycles. The number of phenolic OH excluding ortho intramolecular Hbond substituents is 1. The van der Waals surface area contributed by atoms with E-state index < -0.39 is 6.04 Å². The molecule has 110 valence electrons. The maximum absolute atomic E-state index is 12.1. The Kier molecular flexibility index (Phi) is 4.98. The predicted molar refractivity (Wildman–Crippen MR) is 76.1 cm³/mol. The Morgan fingerprint density at radius 1 is 1.35 bits per heavy atom. The van der Waals surface area contributed by atoms with Crippen LogP contribution >= 0.6 is 0 Å². The van der Waals surface area contributed by atoms with Crippen LogP contribution in [0.25, 0.3) is 0 Å². The Balaban J connectivity index is 1.87. The molecule has 5 nitrogen and oxygen atoms in total. The van der Waals surface area contributed by atoms with Crippen LogP contribution in [-0.2, 0) is 11.2 Å². The number of nitrogens with two attached hydrogens (primary N) is 1. The van der Waals surface area contributed by atoms with Gasteiger partial charge in [-0.1, -0.05) is 18.6 Å². The Morgan fingerprint density at radius 3 is 2.70 bits per heavy atom. The Morgan fingerprint density at radius 2 is 2.05 bits per heavy atom. The lowest BCUT2D eigenvalue weighted by Crippen LogP contribution is -2.48. The maximum atomic E-state index is 12.1. The molecule has 5 heteroatoms. The normalized spacial score (nSPS) is 23.5. The van der Waals surface area contributed by atoms with Crippen molar-refractivity contribution in [2.24, 2.45) is 11.7 Å². The zero-order valence-corrected chi connectivity index (χ0v) is 11.5. The first-order chi connectivity index (χ1) is 9.60. The number of hydrogen-bond donors (Lipinski definition) is 4. The summed E-state index contributed by atoms with van der Waals surface area (Å²) in [5.41, 5.74) is 6.83. The molecule has 0 aliphatic heterocycles. The summed E-state index contributed by atoms with van der Waals surface area (Å²) in [7, 11) is 0. The molecular formula is C15H22N2O3. The number of aliphatic hydroxyl groups is 1. The summed E-state index contributed by atoms with van der Waals surface area (Å²) in [5, 5.41) is 21.4. The topological polar surface area (TPSA) is 95.6 Å². The lowest BCUT2D eigenvalue weighted by atomic mass is 10.0. The molecular weight excluding hydrogens is 256 g/mol. The van der Waals surface area contributed by atoms with Crippen LogP contribution in [-0.4, -0.2) is 34.8 Å². The number of phenols is 1. The highest BCUT2D eigenvalue weighted by Crippen LogP contribution is 2.25. The van der Waals surface area contributed by atoms with Crippen LogP contribution in [0.4, 0.5) is 0 Å². The fraction of sp³-hybridized carbons (Fsp3) is 0.533. The van der Waals surface area contributed by atoms with Crippen LogP contribution in [0.1, 0.15) is 24.8 Å². The van der Waals surface area contributed by atoms with Crippen LogP contribution in [0.15, 0.2) is 24.3 Å². The number of nitrogens with one attached hydrogen (secondary N) is 1. The van der Waals surface area contributed by atoms with Gasteiger partial charge >= 0.3 is 0 Å². The van der Waals surface area contributed by atoms with E-state index in [0.29, 0.717) is 6.42 Å². The van der Waals surface area contributed by atoms with E-state index in [4.69, 9.17) is 5.73 Å². The second-order valence-electron chi connectivity index (χ2n) is 5.47. The van der Waals surface area contributed by atoms with Crippen LogP contribution < -0.4 is 11.1 Å². The average Bonchev–Trinajstić information content (AvgIpc) is 2.88. The molecule has 1 amide bonds. The van der Waals surface area contributed by atoms with E-state index in [1.807, 2.05) is 0 Å². The Hall–Kier alpha value is -1.59. The molecule has 2 rings (SSSR count). The lowest BCUT2D eigenvalue weighted by molar-refractivity contribution is -0.123. The van der Waals surface area contributed by atoms with Crippen molar-refractivity contribution in [3.05, 3.63) is 29.8 Å². The molecule has 3 atom stereocenters. The van der Waals surface area contributed by atoms with Gasteiger partial charge in [0, 0.05) is 18.6 Å². The van der Waals surface area contributed by atoms with Crippen molar-refractivity contribution in [3.63, 3.8) is 0 Å². The quantitative estimate of drug-likeness (QED) is 0.632. The van der Waals surface area contributed by atoms with E-state index in [0.717, 1.165) is 24.8 Å². The fourth-order valence-corrected chi connectivity index (χ4v) is 2.71. The molecule has 20 heavy (non-hydrogen) atoms. The minimum Gasteiger partial charge on any atom is -0.508 e. The third-order valence-corrected chi connectivity index (χ3v) is 3.95. The zero-order chi connectivity index (χ0) is 14.5. The number of rotatable bonds is 5. The van der Waals surface area contributed by atoms with Gasteiger partial charge in [0.25, 0.3) is 0 Å². The molecule has 1 aliphatic rings. The van der Waals surface area contributed by atoms with Crippen molar-refractivity contribution >= 4 is 5.91 Å². The standard InChI is InChI=1S/C15H22N2O3/c16-13(8-10-4-6-12(19)7-5-10)15(20)17-14-3-1-2-11(14)9-18/h4-7,11,13-14,18-19H,1-3,8-9,16H2,(H,17,20)/t11?,13-,14?/m1/s1. The van der Waals surface area contributed by atoms with Crippen LogP contribution in [0.5, 0.6) is 5.75 Å². The summed E-state index contributed by atoms with van der Waals surface area (Å²) in [4.78, 5) is 12.1. The highest BCUT2D eigenvalue weighted by Gasteiger charge is 2.29. The number of carbonyl (C=O) groups excluding carboxylic acids is 1. The van der Waals surface area contributed by atoms with E-state index in [-0.39, 0.29) is 30.2 Å². The van der Waals surface area contributed by atoms with Gasteiger partial charge in [0.2, 0.25) is 5.91 Å². The number of carbonyl (C=O) groups is 1. The smallest absolute Gasteiger partial charge is 0.237 e. The van der Waals surface area contributed by atoms with Gasteiger partial charge in [-0.25, -0.2) is 0 Å². The van der Waals surface area contributed by atoms with Crippen LogP contribution in [0, 0.1) is 5.92 Å². The third kappa shape index (κ3) is 3.71. The zero-order valence-electron chi connectivity index (χ0n) is 11.5. The molecule has 0 spiro atoms. The second-order valence-corrected chi connectivity index (χ2v) is 5.47. The summed E-state index contributed by atoms with van der Waals surface area (Å²) in [6, 6.07) is 6.11. The van der Waals surface area contributed by atoms with Crippen molar-refractivity contribution in [2.45, 2.75) is 37.8 Å². The van der Waals surface area contributed by atoms with Gasteiger partial charge in [0.15, 0.2) is 0 Å². The van der Waals surface area contributed by atoms with Crippen molar-refractivity contribution in [1.82, 2.24) is 5.32 Å². The van der Waals surface area contributed by atoms with Gasteiger partial charge in [-0.2, -0.15) is 0 Å². The predicted octanol–water partition coefficient (Wildman–Crippen LogP) is 0.539.